The highest BCUT2D eigenvalue weighted by Gasteiger charge is 2.15. The van der Waals surface area contributed by atoms with E-state index < -0.39 is 6.10 Å². The Morgan fingerprint density at radius 3 is 2.22 bits per heavy atom. The van der Waals surface area contributed by atoms with E-state index in [9.17, 15) is 4.79 Å². The van der Waals surface area contributed by atoms with Gasteiger partial charge in [0.1, 0.15) is 11.9 Å². The minimum atomic E-state index is -0.555. The number of Topliss-reactive ketones (excluding diaryl/α,β-unsaturated/α-hetero) is 1. The van der Waals surface area contributed by atoms with Gasteiger partial charge in [-0.05, 0) is 30.2 Å². The molecule has 122 valence electrons. The average Bonchev–Trinajstić information content (AvgIpc) is 2.59. The molecule has 0 N–H and O–H groups in total. The molecule has 0 radical (unpaired) electrons. The highest BCUT2D eigenvalue weighted by atomic mass is 16.5. The summed E-state index contributed by atoms with van der Waals surface area (Å²) < 4.78 is 16.4. The standard InChI is InChI=1S/C19H22O4/c1-15(20)19(14-22-12-16-6-4-3-5-7-16)23-13-17-8-10-18(21-2)11-9-17/h3-11,19H,12-14H2,1-2H3/t19-/m1/s1. The second kappa shape index (κ2) is 9.08. The Morgan fingerprint density at radius 2 is 1.61 bits per heavy atom. The molecule has 0 heterocycles. The van der Waals surface area contributed by atoms with Crippen LogP contribution in [0.2, 0.25) is 0 Å². The lowest BCUT2D eigenvalue weighted by molar-refractivity contribution is -0.134. The molecule has 0 aliphatic carbocycles. The van der Waals surface area contributed by atoms with Crippen molar-refractivity contribution in [2.75, 3.05) is 13.7 Å². The van der Waals surface area contributed by atoms with Gasteiger partial charge in [0.2, 0.25) is 0 Å². The zero-order chi connectivity index (χ0) is 16.5. The Bertz CT molecular complexity index is 593. The molecule has 2 aromatic carbocycles. The molecule has 0 amide bonds. The first-order valence-electron chi connectivity index (χ1n) is 7.55. The summed E-state index contributed by atoms with van der Waals surface area (Å²) in [5, 5.41) is 0. The zero-order valence-corrected chi connectivity index (χ0v) is 13.5. The van der Waals surface area contributed by atoms with Gasteiger partial charge in [0.15, 0.2) is 5.78 Å². The molecule has 0 aliphatic heterocycles. The predicted octanol–water partition coefficient (Wildman–Crippen LogP) is 3.39. The molecule has 4 nitrogen and oxygen atoms in total. The maximum atomic E-state index is 11.7. The number of hydrogen-bond donors (Lipinski definition) is 0. The van der Waals surface area contributed by atoms with E-state index in [1.54, 1.807) is 7.11 Å². The first kappa shape index (κ1) is 17.2. The fourth-order valence-corrected chi connectivity index (χ4v) is 2.06. The summed E-state index contributed by atoms with van der Waals surface area (Å²) in [5.41, 5.74) is 2.06. The smallest absolute Gasteiger partial charge is 0.160 e. The van der Waals surface area contributed by atoms with Crippen LogP contribution in [0, 0.1) is 0 Å². The van der Waals surface area contributed by atoms with Gasteiger partial charge >= 0.3 is 0 Å². The average molecular weight is 314 g/mol. The molecule has 0 saturated heterocycles. The van der Waals surface area contributed by atoms with E-state index in [0.717, 1.165) is 16.9 Å². The molecule has 0 fully saturated rings. The van der Waals surface area contributed by atoms with Gasteiger partial charge in [0.05, 0.1) is 26.9 Å². The molecule has 0 bridgehead atoms. The Balaban J connectivity index is 1.80. The Morgan fingerprint density at radius 1 is 0.957 bits per heavy atom. The number of methoxy groups -OCH3 is 1. The first-order chi connectivity index (χ1) is 11.2. The van der Waals surface area contributed by atoms with Crippen molar-refractivity contribution in [3.63, 3.8) is 0 Å². The van der Waals surface area contributed by atoms with E-state index in [1.807, 2.05) is 54.6 Å². The van der Waals surface area contributed by atoms with Gasteiger partial charge in [-0.3, -0.25) is 4.79 Å². The van der Waals surface area contributed by atoms with Gasteiger partial charge < -0.3 is 14.2 Å². The van der Waals surface area contributed by atoms with Crippen LogP contribution in [0.5, 0.6) is 5.75 Å². The van der Waals surface area contributed by atoms with Crippen LogP contribution in [0.15, 0.2) is 54.6 Å². The number of carbonyl (C=O) groups is 1. The van der Waals surface area contributed by atoms with Crippen molar-refractivity contribution in [1.29, 1.82) is 0 Å². The lowest BCUT2D eigenvalue weighted by Gasteiger charge is -2.15. The summed E-state index contributed by atoms with van der Waals surface area (Å²) in [7, 11) is 1.63. The van der Waals surface area contributed by atoms with E-state index in [0.29, 0.717) is 13.2 Å². The van der Waals surface area contributed by atoms with Crippen LogP contribution < -0.4 is 4.74 Å². The van der Waals surface area contributed by atoms with Crippen LogP contribution in [0.4, 0.5) is 0 Å². The van der Waals surface area contributed by atoms with E-state index in [2.05, 4.69) is 0 Å². The molecule has 0 aromatic heterocycles. The predicted molar refractivity (Wildman–Crippen MR) is 88.4 cm³/mol. The Labute approximate surface area is 137 Å². The quantitative estimate of drug-likeness (QED) is 0.712. The van der Waals surface area contributed by atoms with E-state index in [4.69, 9.17) is 14.2 Å². The van der Waals surface area contributed by atoms with Crippen molar-refractivity contribution in [3.05, 3.63) is 65.7 Å². The molecule has 0 unspecified atom stereocenters. The minimum absolute atomic E-state index is 0.0356. The van der Waals surface area contributed by atoms with Crippen LogP contribution in [0.3, 0.4) is 0 Å². The highest BCUT2D eigenvalue weighted by molar-refractivity contribution is 5.80. The van der Waals surface area contributed by atoms with Crippen LogP contribution >= 0.6 is 0 Å². The number of rotatable bonds is 9. The van der Waals surface area contributed by atoms with Gasteiger partial charge in [-0.25, -0.2) is 0 Å². The monoisotopic (exact) mass is 314 g/mol. The first-order valence-corrected chi connectivity index (χ1v) is 7.55. The van der Waals surface area contributed by atoms with Crippen molar-refractivity contribution in [2.24, 2.45) is 0 Å². The highest BCUT2D eigenvalue weighted by Crippen LogP contribution is 2.13. The summed E-state index contributed by atoms with van der Waals surface area (Å²) in [6.07, 6.45) is -0.555. The van der Waals surface area contributed by atoms with Gasteiger partial charge in [0.25, 0.3) is 0 Å². The van der Waals surface area contributed by atoms with Gasteiger partial charge in [-0.2, -0.15) is 0 Å². The van der Waals surface area contributed by atoms with Crippen LogP contribution in [-0.4, -0.2) is 25.6 Å². The molecular formula is C19H22O4. The van der Waals surface area contributed by atoms with Crippen molar-refractivity contribution >= 4 is 5.78 Å². The summed E-state index contributed by atoms with van der Waals surface area (Å²) in [4.78, 5) is 11.7. The van der Waals surface area contributed by atoms with Gasteiger partial charge in [-0.1, -0.05) is 42.5 Å². The van der Waals surface area contributed by atoms with Gasteiger partial charge in [-0.15, -0.1) is 0 Å². The number of benzene rings is 2. The van der Waals surface area contributed by atoms with E-state index in [1.165, 1.54) is 6.92 Å². The fraction of sp³-hybridized carbons (Fsp3) is 0.316. The number of carbonyl (C=O) groups excluding carboxylic acids is 1. The lowest BCUT2D eigenvalue weighted by Crippen LogP contribution is -2.27. The molecule has 4 heteroatoms. The molecule has 1 atom stereocenters. The third-order valence-corrected chi connectivity index (χ3v) is 3.44. The zero-order valence-electron chi connectivity index (χ0n) is 13.5. The second-order valence-corrected chi connectivity index (χ2v) is 5.26. The molecule has 0 aliphatic rings. The number of hydrogen-bond acceptors (Lipinski definition) is 4. The van der Waals surface area contributed by atoms with Crippen molar-refractivity contribution in [2.45, 2.75) is 26.2 Å². The van der Waals surface area contributed by atoms with Crippen LogP contribution in [0.1, 0.15) is 18.1 Å². The van der Waals surface area contributed by atoms with Crippen LogP contribution in [-0.2, 0) is 27.5 Å². The molecular weight excluding hydrogens is 292 g/mol. The maximum Gasteiger partial charge on any atom is 0.160 e. The van der Waals surface area contributed by atoms with Crippen LogP contribution in [0.25, 0.3) is 0 Å². The van der Waals surface area contributed by atoms with Crippen molar-refractivity contribution in [1.82, 2.24) is 0 Å². The van der Waals surface area contributed by atoms with Crippen molar-refractivity contribution in [3.8, 4) is 5.75 Å². The largest absolute Gasteiger partial charge is 0.497 e. The molecule has 0 saturated carbocycles. The van der Waals surface area contributed by atoms with Crippen molar-refractivity contribution < 1.29 is 19.0 Å². The minimum Gasteiger partial charge on any atom is -0.497 e. The topological polar surface area (TPSA) is 44.8 Å². The van der Waals surface area contributed by atoms with Gasteiger partial charge in [0, 0.05) is 0 Å². The Hall–Kier alpha value is -2.17. The van der Waals surface area contributed by atoms with E-state index >= 15 is 0 Å². The molecule has 23 heavy (non-hydrogen) atoms. The normalized spacial score (nSPS) is 11.9. The van der Waals surface area contributed by atoms with E-state index in [-0.39, 0.29) is 12.4 Å². The summed E-state index contributed by atoms with van der Waals surface area (Å²) in [5.74, 6) is 0.759. The summed E-state index contributed by atoms with van der Waals surface area (Å²) in [6, 6.07) is 17.4. The fourth-order valence-electron chi connectivity index (χ4n) is 2.06. The molecule has 2 aromatic rings. The summed E-state index contributed by atoms with van der Waals surface area (Å²) >= 11 is 0. The Kier molecular flexibility index (Phi) is 6.78. The number of ketones is 1. The third kappa shape index (κ3) is 5.85. The second-order valence-electron chi connectivity index (χ2n) is 5.26. The lowest BCUT2D eigenvalue weighted by atomic mass is 10.2. The molecule has 0 spiro atoms. The maximum absolute atomic E-state index is 11.7. The summed E-state index contributed by atoms with van der Waals surface area (Å²) in [6.45, 7) is 2.60. The third-order valence-electron chi connectivity index (χ3n) is 3.44. The number of ether oxygens (including phenoxy) is 3. The molecule has 2 rings (SSSR count). The SMILES string of the molecule is COc1ccc(CO[C@H](COCc2ccccc2)C(C)=O)cc1.